The van der Waals surface area contributed by atoms with Crippen LogP contribution < -0.4 is 5.32 Å². The van der Waals surface area contributed by atoms with Crippen molar-refractivity contribution in [3.8, 4) is 0 Å². The van der Waals surface area contributed by atoms with Gasteiger partial charge in [-0.1, -0.05) is 57.5 Å². The first-order valence-electron chi connectivity index (χ1n) is 11.6. The first kappa shape index (κ1) is 24.5. The minimum absolute atomic E-state index is 0.0937. The fourth-order valence-corrected chi connectivity index (χ4v) is 4.40. The molecule has 2 aromatic carbocycles. The lowest BCUT2D eigenvalue weighted by molar-refractivity contribution is -0.119. The third kappa shape index (κ3) is 6.44. The highest BCUT2D eigenvalue weighted by Crippen LogP contribution is 2.35. The number of amides is 1. The van der Waals surface area contributed by atoms with Crippen molar-refractivity contribution in [3.63, 3.8) is 0 Å². The lowest BCUT2D eigenvalue weighted by Gasteiger charge is -2.36. The van der Waals surface area contributed by atoms with Crippen molar-refractivity contribution in [2.24, 2.45) is 17.8 Å². The van der Waals surface area contributed by atoms with Crippen molar-refractivity contribution < 1.29 is 23.9 Å². The van der Waals surface area contributed by atoms with Gasteiger partial charge < -0.3 is 14.8 Å². The third-order valence-electron chi connectivity index (χ3n) is 6.34. The summed E-state index contributed by atoms with van der Waals surface area (Å²) in [7, 11) is 0. The molecule has 0 heterocycles. The zero-order chi connectivity index (χ0) is 24.0. The van der Waals surface area contributed by atoms with Gasteiger partial charge in [-0.2, -0.15) is 0 Å². The second-order valence-corrected chi connectivity index (χ2v) is 9.25. The minimum atomic E-state index is -0.736. The number of hydrogen-bond donors (Lipinski definition) is 1. The maximum Gasteiger partial charge on any atom is 0.339 e. The lowest BCUT2D eigenvalue weighted by atomic mass is 9.75. The van der Waals surface area contributed by atoms with Gasteiger partial charge in [0.1, 0.15) is 6.10 Å². The van der Waals surface area contributed by atoms with Gasteiger partial charge in [0.25, 0.3) is 5.91 Å². The molecule has 3 rings (SSSR count). The van der Waals surface area contributed by atoms with Crippen LogP contribution in [-0.4, -0.2) is 30.6 Å². The van der Waals surface area contributed by atoms with E-state index in [4.69, 9.17) is 9.47 Å². The van der Waals surface area contributed by atoms with Crippen LogP contribution in [-0.2, 0) is 14.3 Å². The molecule has 0 unspecified atom stereocenters. The summed E-state index contributed by atoms with van der Waals surface area (Å²) >= 11 is 0. The normalized spacial score (nSPS) is 20.2. The van der Waals surface area contributed by atoms with Gasteiger partial charge in [-0.3, -0.25) is 4.79 Å². The van der Waals surface area contributed by atoms with E-state index in [-0.39, 0.29) is 17.2 Å². The molecule has 0 saturated heterocycles. The van der Waals surface area contributed by atoms with Crippen LogP contribution in [0.3, 0.4) is 0 Å². The molecule has 0 aromatic heterocycles. The Labute approximate surface area is 195 Å². The van der Waals surface area contributed by atoms with Gasteiger partial charge in [0.15, 0.2) is 6.61 Å². The number of nitrogens with one attached hydrogen (secondary N) is 1. The molecular formula is C27H33NO5. The molecule has 2 aromatic rings. The second-order valence-electron chi connectivity index (χ2n) is 9.25. The number of esters is 2. The molecule has 0 bridgehead atoms. The van der Waals surface area contributed by atoms with Crippen LogP contribution >= 0.6 is 0 Å². The number of hydrogen-bond acceptors (Lipinski definition) is 5. The molecule has 6 nitrogen and oxygen atoms in total. The van der Waals surface area contributed by atoms with Gasteiger partial charge in [0, 0.05) is 5.69 Å². The summed E-state index contributed by atoms with van der Waals surface area (Å²) in [6, 6.07) is 13.7. The van der Waals surface area contributed by atoms with Gasteiger partial charge in [-0.15, -0.1) is 0 Å². The summed E-state index contributed by atoms with van der Waals surface area (Å²) in [5, 5.41) is 2.72. The Kier molecular flexibility index (Phi) is 8.26. The van der Waals surface area contributed by atoms with Crippen molar-refractivity contribution >= 4 is 23.5 Å². The molecule has 1 fully saturated rings. The van der Waals surface area contributed by atoms with E-state index in [0.29, 0.717) is 23.4 Å². The Morgan fingerprint density at radius 2 is 1.61 bits per heavy atom. The molecule has 1 aliphatic carbocycles. The zero-order valence-corrected chi connectivity index (χ0v) is 19.8. The van der Waals surface area contributed by atoms with Crippen molar-refractivity contribution in [2.75, 3.05) is 11.9 Å². The van der Waals surface area contributed by atoms with E-state index >= 15 is 0 Å². The standard InChI is InChI=1S/C27H33NO5/c1-17(2)20-14-13-18(3)15-24(20)33-27(31)22-11-7-6-10-21(22)26(30)32-16-25(29)28-23-12-8-5-9-19(23)4/h5-12,17-18,20,24H,13-16H2,1-4H3,(H,28,29)/t18-,20+,24+/m0/s1. The Morgan fingerprint density at radius 3 is 2.27 bits per heavy atom. The largest absolute Gasteiger partial charge is 0.458 e. The Bertz CT molecular complexity index is 1000. The molecule has 1 aliphatic rings. The maximum atomic E-state index is 13.0. The highest BCUT2D eigenvalue weighted by molar-refractivity contribution is 6.04. The fourth-order valence-electron chi connectivity index (χ4n) is 4.40. The van der Waals surface area contributed by atoms with E-state index in [2.05, 4.69) is 26.1 Å². The summed E-state index contributed by atoms with van der Waals surface area (Å²) in [4.78, 5) is 38.0. The van der Waals surface area contributed by atoms with Gasteiger partial charge in [-0.25, -0.2) is 9.59 Å². The van der Waals surface area contributed by atoms with Gasteiger partial charge in [-0.05, 0) is 61.3 Å². The molecule has 1 N–H and O–H groups in total. The topological polar surface area (TPSA) is 81.7 Å². The lowest BCUT2D eigenvalue weighted by Crippen LogP contribution is -2.36. The summed E-state index contributed by atoms with van der Waals surface area (Å²) in [5.41, 5.74) is 1.81. The van der Waals surface area contributed by atoms with E-state index in [1.54, 1.807) is 24.3 Å². The van der Waals surface area contributed by atoms with E-state index in [0.717, 1.165) is 24.8 Å². The Hall–Kier alpha value is -3.15. The van der Waals surface area contributed by atoms with Crippen molar-refractivity contribution in [1.29, 1.82) is 0 Å². The van der Waals surface area contributed by atoms with Crippen molar-refractivity contribution in [2.45, 2.75) is 53.1 Å². The molecule has 0 aliphatic heterocycles. The molecular weight excluding hydrogens is 418 g/mol. The number of aryl methyl sites for hydroxylation is 1. The number of anilines is 1. The number of carbonyl (C=O) groups is 3. The van der Waals surface area contributed by atoms with Crippen LogP contribution in [0.1, 0.15) is 66.3 Å². The van der Waals surface area contributed by atoms with Crippen LogP contribution in [0.2, 0.25) is 0 Å². The number of carbonyl (C=O) groups excluding carboxylic acids is 3. The summed E-state index contributed by atoms with van der Waals surface area (Å²) < 4.78 is 11.1. The number of ether oxygens (including phenoxy) is 2. The quantitative estimate of drug-likeness (QED) is 0.570. The molecule has 176 valence electrons. The Balaban J connectivity index is 1.65. The fraction of sp³-hybridized carbons (Fsp3) is 0.444. The summed E-state index contributed by atoms with van der Waals surface area (Å²) in [6.07, 6.45) is 2.80. The van der Waals surface area contributed by atoms with Gasteiger partial charge >= 0.3 is 11.9 Å². The first-order valence-corrected chi connectivity index (χ1v) is 11.6. The maximum absolute atomic E-state index is 13.0. The molecule has 0 spiro atoms. The van der Waals surface area contributed by atoms with Crippen LogP contribution in [0.25, 0.3) is 0 Å². The smallest absolute Gasteiger partial charge is 0.339 e. The number of benzene rings is 2. The van der Waals surface area contributed by atoms with Gasteiger partial charge in [0.05, 0.1) is 11.1 Å². The van der Waals surface area contributed by atoms with E-state index < -0.39 is 24.5 Å². The monoisotopic (exact) mass is 451 g/mol. The van der Waals surface area contributed by atoms with Crippen molar-refractivity contribution in [1.82, 2.24) is 0 Å². The molecule has 3 atom stereocenters. The van der Waals surface area contributed by atoms with E-state index in [9.17, 15) is 14.4 Å². The van der Waals surface area contributed by atoms with Crippen LogP contribution in [0.5, 0.6) is 0 Å². The number of para-hydroxylation sites is 1. The van der Waals surface area contributed by atoms with Crippen LogP contribution in [0.15, 0.2) is 48.5 Å². The average molecular weight is 452 g/mol. The number of rotatable bonds is 7. The molecule has 33 heavy (non-hydrogen) atoms. The predicted octanol–water partition coefficient (Wildman–Crippen LogP) is 5.41. The van der Waals surface area contributed by atoms with E-state index in [1.807, 2.05) is 25.1 Å². The molecule has 6 heteroatoms. The summed E-state index contributed by atoms with van der Waals surface area (Å²) in [5.74, 6) is -0.522. The van der Waals surface area contributed by atoms with Crippen LogP contribution in [0, 0.1) is 24.7 Å². The SMILES string of the molecule is Cc1ccccc1NC(=O)COC(=O)c1ccccc1C(=O)O[C@@H]1C[C@@H](C)CC[C@@H]1C(C)C. The molecule has 0 radical (unpaired) electrons. The predicted molar refractivity (Wildman–Crippen MR) is 127 cm³/mol. The first-order chi connectivity index (χ1) is 15.8. The van der Waals surface area contributed by atoms with Crippen LogP contribution in [0.4, 0.5) is 5.69 Å². The molecule has 1 saturated carbocycles. The Morgan fingerprint density at radius 1 is 0.970 bits per heavy atom. The van der Waals surface area contributed by atoms with Crippen molar-refractivity contribution in [3.05, 3.63) is 65.2 Å². The van der Waals surface area contributed by atoms with Gasteiger partial charge in [0.2, 0.25) is 0 Å². The molecule has 1 amide bonds. The second kappa shape index (κ2) is 11.1. The minimum Gasteiger partial charge on any atom is -0.458 e. The third-order valence-corrected chi connectivity index (χ3v) is 6.34. The summed E-state index contributed by atoms with van der Waals surface area (Å²) in [6.45, 7) is 7.89. The highest BCUT2D eigenvalue weighted by atomic mass is 16.5. The average Bonchev–Trinajstić information content (AvgIpc) is 2.79. The zero-order valence-electron chi connectivity index (χ0n) is 19.8. The highest BCUT2D eigenvalue weighted by Gasteiger charge is 2.34. The van der Waals surface area contributed by atoms with E-state index in [1.165, 1.54) is 6.07 Å².